The molecule has 0 saturated carbocycles. The monoisotopic (exact) mass is 392 g/mol. The summed E-state index contributed by atoms with van der Waals surface area (Å²) in [4.78, 5) is 12.5. The average Bonchev–Trinajstić information content (AvgIpc) is 3.07. The van der Waals surface area contributed by atoms with Gasteiger partial charge in [-0.15, -0.1) is 0 Å². The summed E-state index contributed by atoms with van der Waals surface area (Å²) < 4.78 is 37.3. The first kappa shape index (κ1) is 19.6. The van der Waals surface area contributed by atoms with E-state index in [1.807, 2.05) is 19.9 Å². The molecule has 1 aromatic heterocycles. The SMILES string of the molecule is Cc1cc(COC(=O)C2CCN(S(=O)(=O)c3ccc(C)c(C)c3)CC2)no1. The largest absolute Gasteiger partial charge is 0.459 e. The summed E-state index contributed by atoms with van der Waals surface area (Å²) in [6.07, 6.45) is 0.890. The second-order valence-corrected chi connectivity index (χ2v) is 8.90. The third kappa shape index (κ3) is 4.39. The van der Waals surface area contributed by atoms with Gasteiger partial charge in [-0.25, -0.2) is 8.42 Å². The minimum atomic E-state index is -3.54. The van der Waals surface area contributed by atoms with Crippen LogP contribution in [-0.2, 0) is 26.2 Å². The lowest BCUT2D eigenvalue weighted by atomic mass is 9.98. The van der Waals surface area contributed by atoms with E-state index in [1.165, 1.54) is 4.31 Å². The molecule has 0 bridgehead atoms. The Balaban J connectivity index is 1.57. The Morgan fingerprint density at radius 1 is 1.19 bits per heavy atom. The molecule has 0 atom stereocenters. The Morgan fingerprint density at radius 3 is 2.48 bits per heavy atom. The molecule has 1 aromatic carbocycles. The maximum absolute atomic E-state index is 12.8. The summed E-state index contributed by atoms with van der Waals surface area (Å²) in [5.41, 5.74) is 2.56. The van der Waals surface area contributed by atoms with E-state index >= 15 is 0 Å². The van der Waals surface area contributed by atoms with Crippen LogP contribution < -0.4 is 0 Å². The highest BCUT2D eigenvalue weighted by molar-refractivity contribution is 7.89. The summed E-state index contributed by atoms with van der Waals surface area (Å²) in [6, 6.07) is 6.87. The molecule has 0 spiro atoms. The van der Waals surface area contributed by atoms with Crippen molar-refractivity contribution in [2.45, 2.75) is 45.1 Å². The van der Waals surface area contributed by atoms with Crippen molar-refractivity contribution in [1.82, 2.24) is 9.46 Å². The zero-order valence-corrected chi connectivity index (χ0v) is 16.6. The number of carbonyl (C=O) groups excluding carboxylic acids is 1. The Morgan fingerprint density at radius 2 is 1.89 bits per heavy atom. The first-order valence-corrected chi connectivity index (χ1v) is 10.4. The fourth-order valence-corrected chi connectivity index (χ4v) is 4.66. The number of sulfonamides is 1. The normalized spacial score (nSPS) is 16.4. The van der Waals surface area contributed by atoms with E-state index in [2.05, 4.69) is 5.16 Å². The average molecular weight is 392 g/mol. The van der Waals surface area contributed by atoms with Gasteiger partial charge in [0.25, 0.3) is 0 Å². The first-order valence-electron chi connectivity index (χ1n) is 8.93. The van der Waals surface area contributed by atoms with Crippen molar-refractivity contribution < 1.29 is 22.5 Å². The van der Waals surface area contributed by atoms with Gasteiger partial charge in [-0.3, -0.25) is 4.79 Å². The van der Waals surface area contributed by atoms with Gasteiger partial charge in [0.2, 0.25) is 10.0 Å². The van der Waals surface area contributed by atoms with Gasteiger partial charge in [-0.2, -0.15) is 4.31 Å². The van der Waals surface area contributed by atoms with Gasteiger partial charge in [0.05, 0.1) is 10.8 Å². The summed E-state index contributed by atoms with van der Waals surface area (Å²) in [7, 11) is -3.54. The highest BCUT2D eigenvalue weighted by atomic mass is 32.2. The van der Waals surface area contributed by atoms with Gasteiger partial charge in [-0.1, -0.05) is 11.2 Å². The van der Waals surface area contributed by atoms with Crippen molar-refractivity contribution in [2.75, 3.05) is 13.1 Å². The topological polar surface area (TPSA) is 89.7 Å². The zero-order valence-electron chi connectivity index (χ0n) is 15.8. The number of piperidine rings is 1. The molecule has 0 amide bonds. The van der Waals surface area contributed by atoms with E-state index in [4.69, 9.17) is 9.26 Å². The molecular weight excluding hydrogens is 368 g/mol. The van der Waals surface area contributed by atoms with Crippen LogP contribution in [-0.4, -0.2) is 36.9 Å². The number of hydrogen-bond acceptors (Lipinski definition) is 6. The fraction of sp³-hybridized carbons (Fsp3) is 0.474. The third-order valence-corrected chi connectivity index (χ3v) is 6.84. The van der Waals surface area contributed by atoms with Crippen molar-refractivity contribution in [2.24, 2.45) is 5.92 Å². The molecule has 1 aliphatic rings. The van der Waals surface area contributed by atoms with E-state index in [9.17, 15) is 13.2 Å². The Kier molecular flexibility index (Phi) is 5.67. The Hall–Kier alpha value is -2.19. The molecule has 0 radical (unpaired) electrons. The van der Waals surface area contributed by atoms with Gasteiger partial charge in [0.1, 0.15) is 18.1 Å². The van der Waals surface area contributed by atoms with E-state index in [0.29, 0.717) is 42.3 Å². The summed E-state index contributed by atoms with van der Waals surface area (Å²) in [5.74, 6) is 0.0361. The molecule has 1 saturated heterocycles. The minimum absolute atomic E-state index is 0.0668. The van der Waals surface area contributed by atoms with E-state index < -0.39 is 10.0 Å². The number of aryl methyl sites for hydroxylation is 3. The summed E-state index contributed by atoms with van der Waals surface area (Å²) in [6.45, 7) is 6.29. The number of nitrogens with zero attached hydrogens (tertiary/aromatic N) is 2. The summed E-state index contributed by atoms with van der Waals surface area (Å²) >= 11 is 0. The number of rotatable bonds is 5. The maximum atomic E-state index is 12.8. The molecule has 0 aliphatic carbocycles. The quantitative estimate of drug-likeness (QED) is 0.727. The summed E-state index contributed by atoms with van der Waals surface area (Å²) in [5, 5.41) is 3.78. The van der Waals surface area contributed by atoms with Gasteiger partial charge in [0.15, 0.2) is 0 Å². The van der Waals surface area contributed by atoms with Crippen LogP contribution in [0.1, 0.15) is 35.4 Å². The van der Waals surface area contributed by atoms with Gasteiger partial charge < -0.3 is 9.26 Å². The molecule has 3 rings (SSSR count). The molecule has 2 aromatic rings. The molecule has 2 heterocycles. The fourth-order valence-electron chi connectivity index (χ4n) is 3.10. The lowest BCUT2D eigenvalue weighted by Gasteiger charge is -2.30. The lowest BCUT2D eigenvalue weighted by molar-refractivity contribution is -0.151. The number of benzene rings is 1. The van der Waals surface area contributed by atoms with E-state index in [1.54, 1.807) is 25.1 Å². The minimum Gasteiger partial charge on any atom is -0.459 e. The van der Waals surface area contributed by atoms with E-state index in [-0.39, 0.29) is 18.5 Å². The molecule has 7 nitrogen and oxygen atoms in total. The third-order valence-electron chi connectivity index (χ3n) is 4.94. The number of carbonyl (C=O) groups is 1. The Labute approximate surface area is 159 Å². The van der Waals surface area contributed by atoms with Crippen LogP contribution in [0.3, 0.4) is 0 Å². The lowest BCUT2D eigenvalue weighted by Crippen LogP contribution is -2.40. The number of hydrogen-bond donors (Lipinski definition) is 0. The molecule has 8 heteroatoms. The predicted octanol–water partition coefficient (Wildman–Crippen LogP) is 2.74. The van der Waals surface area contributed by atoms with Crippen LogP contribution in [0, 0.1) is 26.7 Å². The molecule has 0 N–H and O–H groups in total. The number of aromatic nitrogens is 1. The van der Waals surface area contributed by atoms with Gasteiger partial charge in [0, 0.05) is 19.2 Å². The van der Waals surface area contributed by atoms with Crippen molar-refractivity contribution >= 4 is 16.0 Å². The van der Waals surface area contributed by atoms with E-state index in [0.717, 1.165) is 11.1 Å². The standard InChI is InChI=1S/C19H24N2O5S/c1-13-4-5-18(10-14(13)2)27(23,24)21-8-6-16(7-9-21)19(22)25-12-17-11-15(3)26-20-17/h4-5,10-11,16H,6-9,12H2,1-3H3. The van der Waals surface area contributed by atoms with Gasteiger partial charge >= 0.3 is 5.97 Å². The second kappa shape index (κ2) is 7.82. The van der Waals surface area contributed by atoms with Crippen LogP contribution in [0.5, 0.6) is 0 Å². The smallest absolute Gasteiger partial charge is 0.309 e. The zero-order chi connectivity index (χ0) is 19.6. The molecule has 0 unspecified atom stereocenters. The molecule has 1 aliphatic heterocycles. The highest BCUT2D eigenvalue weighted by Gasteiger charge is 2.33. The maximum Gasteiger partial charge on any atom is 0.309 e. The molecule has 1 fully saturated rings. The van der Waals surface area contributed by atoms with Crippen molar-refractivity contribution in [3.63, 3.8) is 0 Å². The molecule has 146 valence electrons. The Bertz CT molecular complexity index is 927. The van der Waals surface area contributed by atoms with Gasteiger partial charge in [-0.05, 0) is 56.9 Å². The second-order valence-electron chi connectivity index (χ2n) is 6.96. The van der Waals surface area contributed by atoms with Crippen LogP contribution in [0.4, 0.5) is 0 Å². The van der Waals surface area contributed by atoms with Crippen molar-refractivity contribution in [1.29, 1.82) is 0 Å². The van der Waals surface area contributed by atoms with Crippen LogP contribution >= 0.6 is 0 Å². The number of ether oxygens (including phenoxy) is 1. The molecule has 27 heavy (non-hydrogen) atoms. The van der Waals surface area contributed by atoms with Crippen molar-refractivity contribution in [3.05, 3.63) is 46.8 Å². The molecular formula is C19H24N2O5S. The predicted molar refractivity (Wildman–Crippen MR) is 98.4 cm³/mol. The van der Waals surface area contributed by atoms with Crippen LogP contribution in [0.15, 0.2) is 33.7 Å². The highest BCUT2D eigenvalue weighted by Crippen LogP contribution is 2.26. The van der Waals surface area contributed by atoms with Crippen LogP contribution in [0.2, 0.25) is 0 Å². The van der Waals surface area contributed by atoms with Crippen LogP contribution in [0.25, 0.3) is 0 Å². The van der Waals surface area contributed by atoms with Crippen molar-refractivity contribution in [3.8, 4) is 0 Å². The first-order chi connectivity index (χ1) is 12.8. The number of esters is 1.